The van der Waals surface area contributed by atoms with E-state index in [1.165, 1.54) is 7.11 Å². The van der Waals surface area contributed by atoms with E-state index in [2.05, 4.69) is 20.1 Å². The van der Waals surface area contributed by atoms with Crippen molar-refractivity contribution < 1.29 is 9.53 Å². The molecule has 0 aliphatic rings. The van der Waals surface area contributed by atoms with Crippen molar-refractivity contribution in [3.63, 3.8) is 0 Å². The van der Waals surface area contributed by atoms with E-state index in [4.69, 9.17) is 0 Å². The highest BCUT2D eigenvalue weighted by Gasteiger charge is 2.01. The van der Waals surface area contributed by atoms with E-state index in [9.17, 15) is 4.79 Å². The van der Waals surface area contributed by atoms with E-state index < -0.39 is 0 Å². The zero-order chi connectivity index (χ0) is 8.81. The molecule has 0 aliphatic heterocycles. The summed E-state index contributed by atoms with van der Waals surface area (Å²) in [7, 11) is 1.39. The van der Waals surface area contributed by atoms with Crippen LogP contribution in [0.25, 0.3) is 0 Å². The Balaban J connectivity index is 2.15. The largest absolute Gasteiger partial charge is 0.469 e. The molecule has 0 spiro atoms. The molecular formula is C7H11N3O2. The van der Waals surface area contributed by atoms with Gasteiger partial charge in [-0.25, -0.2) is 0 Å². The fraction of sp³-hybridized carbons (Fsp3) is 0.571. The third-order valence-electron chi connectivity index (χ3n) is 1.51. The molecule has 0 saturated heterocycles. The number of hydrogen-bond donors (Lipinski definition) is 1. The molecule has 0 amide bonds. The highest BCUT2D eigenvalue weighted by molar-refractivity contribution is 5.69. The Bertz CT molecular complexity index is 233. The van der Waals surface area contributed by atoms with Gasteiger partial charge >= 0.3 is 5.97 Å². The van der Waals surface area contributed by atoms with Crippen LogP contribution in [0.5, 0.6) is 0 Å². The number of ether oxygens (including phenoxy) is 1. The van der Waals surface area contributed by atoms with Crippen molar-refractivity contribution in [2.45, 2.75) is 19.3 Å². The van der Waals surface area contributed by atoms with Gasteiger partial charge in [-0.05, 0) is 12.8 Å². The van der Waals surface area contributed by atoms with Gasteiger partial charge in [0.1, 0.15) is 0 Å². The third-order valence-corrected chi connectivity index (χ3v) is 1.51. The lowest BCUT2D eigenvalue weighted by molar-refractivity contribution is -0.140. The SMILES string of the molecule is COC(=O)CCCc1cn[nH]n1. The summed E-state index contributed by atoms with van der Waals surface area (Å²) in [5.74, 6) is -0.182. The minimum atomic E-state index is -0.182. The molecule has 5 nitrogen and oxygen atoms in total. The number of methoxy groups -OCH3 is 1. The maximum absolute atomic E-state index is 10.7. The number of H-pyrrole nitrogens is 1. The van der Waals surface area contributed by atoms with Gasteiger partial charge in [0.2, 0.25) is 0 Å². The lowest BCUT2D eigenvalue weighted by Gasteiger charge is -1.95. The van der Waals surface area contributed by atoms with Gasteiger partial charge in [-0.15, -0.1) is 0 Å². The molecule has 0 bridgehead atoms. The van der Waals surface area contributed by atoms with Crippen molar-refractivity contribution in [2.24, 2.45) is 0 Å². The molecule has 66 valence electrons. The van der Waals surface area contributed by atoms with Gasteiger partial charge in [0.25, 0.3) is 0 Å². The molecule has 0 radical (unpaired) electrons. The van der Waals surface area contributed by atoms with Crippen LogP contribution in [0, 0.1) is 0 Å². The summed E-state index contributed by atoms with van der Waals surface area (Å²) in [4.78, 5) is 10.7. The van der Waals surface area contributed by atoms with E-state index in [1.54, 1.807) is 6.20 Å². The second-order valence-electron chi connectivity index (χ2n) is 2.39. The molecule has 0 fully saturated rings. The van der Waals surface area contributed by atoms with Gasteiger partial charge in [0.05, 0.1) is 19.0 Å². The molecule has 1 aromatic heterocycles. The number of aromatic nitrogens is 3. The summed E-state index contributed by atoms with van der Waals surface area (Å²) in [6.07, 6.45) is 3.59. The Labute approximate surface area is 70.1 Å². The van der Waals surface area contributed by atoms with Crippen LogP contribution in [0.1, 0.15) is 18.5 Å². The van der Waals surface area contributed by atoms with Crippen LogP contribution < -0.4 is 0 Å². The molecule has 1 rings (SSSR count). The molecule has 0 aliphatic carbocycles. The molecule has 12 heavy (non-hydrogen) atoms. The van der Waals surface area contributed by atoms with Gasteiger partial charge in [-0.1, -0.05) is 0 Å². The monoisotopic (exact) mass is 169 g/mol. The van der Waals surface area contributed by atoms with Crippen LogP contribution in [-0.2, 0) is 16.0 Å². The van der Waals surface area contributed by atoms with Gasteiger partial charge in [0.15, 0.2) is 0 Å². The molecule has 1 heterocycles. The molecule has 0 saturated carbocycles. The van der Waals surface area contributed by atoms with Gasteiger partial charge in [-0.3, -0.25) is 4.79 Å². The first-order chi connectivity index (χ1) is 5.83. The summed E-state index contributed by atoms with van der Waals surface area (Å²) in [5.41, 5.74) is 0.874. The number of aromatic amines is 1. The summed E-state index contributed by atoms with van der Waals surface area (Å²) < 4.78 is 4.49. The van der Waals surface area contributed by atoms with Gasteiger partial charge < -0.3 is 4.74 Å². The van der Waals surface area contributed by atoms with Crippen molar-refractivity contribution in [3.05, 3.63) is 11.9 Å². The molecule has 5 heteroatoms. The lowest BCUT2D eigenvalue weighted by atomic mass is 10.2. The first kappa shape index (κ1) is 8.70. The van der Waals surface area contributed by atoms with Crippen molar-refractivity contribution >= 4 is 5.97 Å². The van der Waals surface area contributed by atoms with Crippen molar-refractivity contribution in [1.29, 1.82) is 0 Å². The first-order valence-corrected chi connectivity index (χ1v) is 3.74. The Hall–Kier alpha value is -1.39. The summed E-state index contributed by atoms with van der Waals surface area (Å²) in [5, 5.41) is 10.0. The number of hydrogen-bond acceptors (Lipinski definition) is 4. The number of aryl methyl sites for hydroxylation is 1. The normalized spacial score (nSPS) is 9.75. The number of nitrogens with one attached hydrogen (secondary N) is 1. The Kier molecular flexibility index (Phi) is 3.25. The predicted octanol–water partition coefficient (Wildman–Crippen LogP) is 0.300. The summed E-state index contributed by atoms with van der Waals surface area (Å²) >= 11 is 0. The Morgan fingerprint density at radius 2 is 2.58 bits per heavy atom. The average molecular weight is 169 g/mol. The number of carbonyl (C=O) groups excluding carboxylic acids is 1. The van der Waals surface area contributed by atoms with Crippen LogP contribution in [0.15, 0.2) is 6.20 Å². The topological polar surface area (TPSA) is 67.9 Å². The third kappa shape index (κ3) is 2.69. The van der Waals surface area contributed by atoms with E-state index in [1.807, 2.05) is 0 Å². The number of carbonyl (C=O) groups is 1. The molecule has 1 aromatic rings. The maximum atomic E-state index is 10.7. The smallest absolute Gasteiger partial charge is 0.305 e. The fourth-order valence-electron chi connectivity index (χ4n) is 0.862. The van der Waals surface area contributed by atoms with Crippen molar-refractivity contribution in [2.75, 3.05) is 7.11 Å². The maximum Gasteiger partial charge on any atom is 0.305 e. The molecule has 1 N–H and O–H groups in total. The average Bonchev–Trinajstić information content (AvgIpc) is 2.57. The zero-order valence-corrected chi connectivity index (χ0v) is 6.91. The van der Waals surface area contributed by atoms with E-state index >= 15 is 0 Å². The van der Waals surface area contributed by atoms with E-state index in [-0.39, 0.29) is 5.97 Å². The first-order valence-electron chi connectivity index (χ1n) is 3.74. The second-order valence-corrected chi connectivity index (χ2v) is 2.39. The number of rotatable bonds is 4. The predicted molar refractivity (Wildman–Crippen MR) is 41.3 cm³/mol. The van der Waals surface area contributed by atoms with Crippen LogP contribution >= 0.6 is 0 Å². The minimum Gasteiger partial charge on any atom is -0.469 e. The quantitative estimate of drug-likeness (QED) is 0.658. The van der Waals surface area contributed by atoms with E-state index in [0.29, 0.717) is 6.42 Å². The summed E-state index contributed by atoms with van der Waals surface area (Å²) in [6, 6.07) is 0. The van der Waals surface area contributed by atoms with Crippen molar-refractivity contribution in [3.8, 4) is 0 Å². The van der Waals surface area contributed by atoms with E-state index in [0.717, 1.165) is 18.5 Å². The lowest BCUT2D eigenvalue weighted by Crippen LogP contribution is -2.00. The van der Waals surface area contributed by atoms with Crippen molar-refractivity contribution in [1.82, 2.24) is 15.4 Å². The Morgan fingerprint density at radius 3 is 3.17 bits per heavy atom. The number of esters is 1. The van der Waals surface area contributed by atoms with Crippen LogP contribution in [0.3, 0.4) is 0 Å². The van der Waals surface area contributed by atoms with Gasteiger partial charge in [0, 0.05) is 6.42 Å². The highest BCUT2D eigenvalue weighted by atomic mass is 16.5. The van der Waals surface area contributed by atoms with Gasteiger partial charge in [-0.2, -0.15) is 15.4 Å². The molecule has 0 aromatic carbocycles. The standard InChI is InChI=1S/C7H11N3O2/c1-12-7(11)4-2-3-6-5-8-10-9-6/h5H,2-4H2,1H3,(H,8,9,10). The highest BCUT2D eigenvalue weighted by Crippen LogP contribution is 1.99. The fourth-order valence-corrected chi connectivity index (χ4v) is 0.862. The molecule has 0 atom stereocenters. The molecular weight excluding hydrogens is 158 g/mol. The number of nitrogens with zero attached hydrogens (tertiary/aromatic N) is 2. The summed E-state index contributed by atoms with van der Waals surface area (Å²) in [6.45, 7) is 0. The minimum absolute atomic E-state index is 0.182. The second kappa shape index (κ2) is 4.48. The Morgan fingerprint density at radius 1 is 1.75 bits per heavy atom. The van der Waals surface area contributed by atoms with Crippen LogP contribution in [-0.4, -0.2) is 28.5 Å². The van der Waals surface area contributed by atoms with Crippen LogP contribution in [0.2, 0.25) is 0 Å². The molecule has 0 unspecified atom stereocenters. The van der Waals surface area contributed by atoms with Crippen LogP contribution in [0.4, 0.5) is 0 Å². The zero-order valence-electron chi connectivity index (χ0n) is 6.91.